The van der Waals surface area contributed by atoms with Crippen molar-refractivity contribution in [3.8, 4) is 11.6 Å². The normalized spacial score (nSPS) is 11.0. The largest absolute Gasteiger partial charge is 0.430 e. The Hall–Kier alpha value is -1.93. The van der Waals surface area contributed by atoms with Crippen LogP contribution < -0.4 is 4.74 Å². The summed E-state index contributed by atoms with van der Waals surface area (Å²) in [7, 11) is 0. The van der Waals surface area contributed by atoms with Crippen molar-refractivity contribution in [2.75, 3.05) is 0 Å². The summed E-state index contributed by atoms with van der Waals surface area (Å²) in [6, 6.07) is 4.86. The van der Waals surface area contributed by atoms with Gasteiger partial charge in [-0.1, -0.05) is 22.0 Å². The highest BCUT2D eigenvalue weighted by Crippen LogP contribution is 2.34. The first kappa shape index (κ1) is 14.0. The van der Waals surface area contributed by atoms with E-state index in [1.807, 2.05) is 16.0 Å². The summed E-state index contributed by atoms with van der Waals surface area (Å²) in [5.41, 5.74) is 1.56. The molecular formula is C13H10BrN3O3S. The average molecular weight is 368 g/mol. The van der Waals surface area contributed by atoms with E-state index >= 15 is 0 Å². The van der Waals surface area contributed by atoms with E-state index in [1.165, 1.54) is 17.4 Å². The number of rotatable bonds is 4. The summed E-state index contributed by atoms with van der Waals surface area (Å²) in [6.45, 7) is 1.80. The number of halogens is 1. The Labute approximate surface area is 132 Å². The molecule has 3 rings (SSSR count). The van der Waals surface area contributed by atoms with Crippen LogP contribution in [0.25, 0.3) is 4.96 Å². The lowest BCUT2D eigenvalue weighted by Gasteiger charge is -2.06. The number of hydrogen-bond acceptors (Lipinski definition) is 5. The molecule has 0 radical (unpaired) electrons. The van der Waals surface area contributed by atoms with E-state index in [0.717, 1.165) is 16.2 Å². The molecule has 21 heavy (non-hydrogen) atoms. The second-order valence-corrected chi connectivity index (χ2v) is 5.82. The van der Waals surface area contributed by atoms with E-state index in [4.69, 9.17) is 4.74 Å². The van der Waals surface area contributed by atoms with Crippen molar-refractivity contribution in [2.24, 2.45) is 0 Å². The van der Waals surface area contributed by atoms with Crippen LogP contribution in [-0.4, -0.2) is 14.3 Å². The van der Waals surface area contributed by atoms with Crippen LogP contribution in [0.2, 0.25) is 0 Å². The predicted octanol–water partition coefficient (Wildman–Crippen LogP) is 4.30. The van der Waals surface area contributed by atoms with Gasteiger partial charge in [0.25, 0.3) is 0 Å². The number of nitro groups is 1. The molecule has 8 heteroatoms. The van der Waals surface area contributed by atoms with Crippen LogP contribution in [0.1, 0.15) is 11.3 Å². The lowest BCUT2D eigenvalue weighted by atomic mass is 10.2. The smallest absolute Gasteiger partial charge is 0.311 e. The zero-order chi connectivity index (χ0) is 15.0. The molecule has 2 heterocycles. The molecule has 108 valence electrons. The number of alkyl halides is 1. The topological polar surface area (TPSA) is 69.7 Å². The maximum absolute atomic E-state index is 11.1. The Kier molecular flexibility index (Phi) is 3.64. The first-order valence-corrected chi connectivity index (χ1v) is 8.03. The quantitative estimate of drug-likeness (QED) is 0.391. The summed E-state index contributed by atoms with van der Waals surface area (Å²) in [5, 5.41) is 13.6. The number of hydrogen-bond donors (Lipinski definition) is 0. The molecule has 3 aromatic rings. The highest BCUT2D eigenvalue weighted by atomic mass is 79.9. The van der Waals surface area contributed by atoms with Crippen LogP contribution in [-0.2, 0) is 5.33 Å². The van der Waals surface area contributed by atoms with Crippen molar-refractivity contribution in [2.45, 2.75) is 12.3 Å². The molecule has 0 saturated carbocycles. The van der Waals surface area contributed by atoms with E-state index in [9.17, 15) is 10.1 Å². The Bertz CT molecular complexity index is 827. The fourth-order valence-electron chi connectivity index (χ4n) is 1.98. The number of fused-ring (bicyclic) bond motifs is 1. The Morgan fingerprint density at radius 1 is 1.52 bits per heavy atom. The maximum atomic E-state index is 11.1. The molecular weight excluding hydrogens is 358 g/mol. The van der Waals surface area contributed by atoms with Crippen LogP contribution in [0.5, 0.6) is 11.6 Å². The van der Waals surface area contributed by atoms with Gasteiger partial charge in [-0.15, -0.1) is 11.3 Å². The third-order valence-electron chi connectivity index (χ3n) is 2.97. The lowest BCUT2D eigenvalue weighted by molar-refractivity contribution is -0.385. The Balaban J connectivity index is 2.06. The fourth-order valence-corrected chi connectivity index (χ4v) is 3.21. The fraction of sp³-hybridized carbons (Fsp3) is 0.154. The number of nitrogens with zero attached hydrogens (tertiary/aromatic N) is 3. The second-order valence-electron chi connectivity index (χ2n) is 4.38. The number of ether oxygens (including phenoxy) is 1. The van der Waals surface area contributed by atoms with Gasteiger partial charge in [-0.05, 0) is 18.6 Å². The van der Waals surface area contributed by atoms with Crippen LogP contribution in [0.3, 0.4) is 0 Å². The Morgan fingerprint density at radius 2 is 2.33 bits per heavy atom. The minimum Gasteiger partial charge on any atom is -0.430 e. The van der Waals surface area contributed by atoms with Gasteiger partial charge in [0.15, 0.2) is 4.96 Å². The molecule has 0 atom stereocenters. The third-order valence-corrected chi connectivity index (χ3v) is 4.26. The first-order chi connectivity index (χ1) is 10.1. The molecule has 0 saturated heterocycles. The van der Waals surface area contributed by atoms with E-state index in [-0.39, 0.29) is 11.4 Å². The van der Waals surface area contributed by atoms with Crippen LogP contribution in [0.4, 0.5) is 5.69 Å². The molecule has 1 aromatic carbocycles. The highest BCUT2D eigenvalue weighted by molar-refractivity contribution is 9.08. The van der Waals surface area contributed by atoms with Gasteiger partial charge in [-0.2, -0.15) is 4.98 Å². The van der Waals surface area contributed by atoms with Gasteiger partial charge >= 0.3 is 5.69 Å². The molecule has 0 amide bonds. The van der Waals surface area contributed by atoms with E-state index in [1.54, 1.807) is 19.1 Å². The predicted molar refractivity (Wildman–Crippen MR) is 83.6 cm³/mol. The molecule has 0 aliphatic heterocycles. The first-order valence-electron chi connectivity index (χ1n) is 6.03. The van der Waals surface area contributed by atoms with Crippen molar-refractivity contribution in [3.05, 3.63) is 51.1 Å². The monoisotopic (exact) mass is 367 g/mol. The lowest BCUT2D eigenvalue weighted by Crippen LogP contribution is -1.96. The van der Waals surface area contributed by atoms with Gasteiger partial charge in [0.2, 0.25) is 11.6 Å². The van der Waals surface area contributed by atoms with Gasteiger partial charge in [0, 0.05) is 23.0 Å². The highest BCUT2D eigenvalue weighted by Gasteiger charge is 2.20. The van der Waals surface area contributed by atoms with Crippen LogP contribution in [0, 0.1) is 17.0 Å². The molecule has 0 unspecified atom stereocenters. The number of nitro benzene ring substituents is 1. The van der Waals surface area contributed by atoms with Gasteiger partial charge in [-0.3, -0.25) is 14.5 Å². The number of aromatic nitrogens is 2. The van der Waals surface area contributed by atoms with Crippen LogP contribution in [0.15, 0.2) is 29.8 Å². The van der Waals surface area contributed by atoms with Gasteiger partial charge < -0.3 is 4.74 Å². The standard InChI is InChI=1S/C13H10BrN3O3S/c1-8-2-3-11(9(6-8)17(18)19)20-12-10(7-14)16-4-5-21-13(16)15-12/h2-6H,7H2,1H3. The number of imidazole rings is 1. The van der Waals surface area contributed by atoms with Crippen molar-refractivity contribution in [1.29, 1.82) is 0 Å². The molecule has 0 aliphatic carbocycles. The summed E-state index contributed by atoms with van der Waals surface area (Å²) < 4.78 is 7.59. The summed E-state index contributed by atoms with van der Waals surface area (Å²) in [4.78, 5) is 15.8. The molecule has 0 spiro atoms. The molecule has 0 aliphatic rings. The van der Waals surface area contributed by atoms with Crippen molar-refractivity contribution in [3.63, 3.8) is 0 Å². The summed E-state index contributed by atoms with van der Waals surface area (Å²) in [5.74, 6) is 0.573. The van der Waals surface area contributed by atoms with Crippen molar-refractivity contribution < 1.29 is 9.66 Å². The van der Waals surface area contributed by atoms with Crippen LogP contribution >= 0.6 is 27.3 Å². The Morgan fingerprint density at radius 3 is 3.05 bits per heavy atom. The number of benzene rings is 1. The SMILES string of the molecule is Cc1ccc(Oc2nc3sccn3c2CBr)c([N+](=O)[O-])c1. The van der Waals surface area contributed by atoms with Gasteiger partial charge in [0.05, 0.1) is 10.6 Å². The van der Waals surface area contributed by atoms with E-state index in [2.05, 4.69) is 20.9 Å². The zero-order valence-electron chi connectivity index (χ0n) is 10.9. The van der Waals surface area contributed by atoms with Crippen molar-refractivity contribution >= 4 is 37.9 Å². The van der Waals surface area contributed by atoms with E-state index < -0.39 is 4.92 Å². The van der Waals surface area contributed by atoms with Crippen molar-refractivity contribution in [1.82, 2.24) is 9.38 Å². The second kappa shape index (κ2) is 5.45. The molecule has 0 fully saturated rings. The molecule has 6 nitrogen and oxygen atoms in total. The molecule has 2 aromatic heterocycles. The van der Waals surface area contributed by atoms with E-state index in [0.29, 0.717) is 11.2 Å². The maximum Gasteiger partial charge on any atom is 0.311 e. The zero-order valence-corrected chi connectivity index (χ0v) is 13.3. The third kappa shape index (κ3) is 2.52. The van der Waals surface area contributed by atoms with Gasteiger partial charge in [0.1, 0.15) is 0 Å². The summed E-state index contributed by atoms with van der Waals surface area (Å²) >= 11 is 4.87. The number of thiazole rings is 1. The summed E-state index contributed by atoms with van der Waals surface area (Å²) in [6.07, 6.45) is 1.89. The minimum absolute atomic E-state index is 0.0631. The molecule has 0 bridgehead atoms. The molecule has 0 N–H and O–H groups in total. The minimum atomic E-state index is -0.450. The van der Waals surface area contributed by atoms with Gasteiger partial charge in [-0.25, -0.2) is 0 Å². The number of aryl methyl sites for hydroxylation is 1. The average Bonchev–Trinajstić information content (AvgIpc) is 3.00.